The molecule has 0 aliphatic heterocycles. The minimum Gasteiger partial charge on any atom is -0.374 e. The highest BCUT2D eigenvalue weighted by atomic mass is 32.1. The Morgan fingerprint density at radius 3 is 2.43 bits per heavy atom. The van der Waals surface area contributed by atoms with Crippen molar-refractivity contribution in [1.82, 2.24) is 19.8 Å². The van der Waals surface area contributed by atoms with E-state index in [1.807, 2.05) is 47.2 Å². The van der Waals surface area contributed by atoms with Crippen molar-refractivity contribution in [3.63, 3.8) is 0 Å². The van der Waals surface area contributed by atoms with Gasteiger partial charge in [-0.25, -0.2) is 8.91 Å². The minimum absolute atomic E-state index is 0.247. The molecule has 0 amide bonds. The van der Waals surface area contributed by atoms with Gasteiger partial charge in [0.05, 0.1) is 11.7 Å². The summed E-state index contributed by atoms with van der Waals surface area (Å²) >= 11 is 1.36. The lowest BCUT2D eigenvalue weighted by Gasteiger charge is -2.05. The second kappa shape index (κ2) is 6.54. The highest BCUT2D eigenvalue weighted by molar-refractivity contribution is 7.18. The number of nitrogens with two attached hydrogens (primary N) is 1. The minimum atomic E-state index is -0.247. The summed E-state index contributed by atoms with van der Waals surface area (Å²) in [5.41, 5.74) is 11.6. The van der Waals surface area contributed by atoms with Gasteiger partial charge in [-0.05, 0) is 35.4 Å². The summed E-state index contributed by atoms with van der Waals surface area (Å²) in [5, 5.41) is 13.7. The molecule has 2 aromatic carbocycles. The summed E-state index contributed by atoms with van der Waals surface area (Å²) in [6.45, 7) is 0. The molecule has 0 fully saturated rings. The van der Waals surface area contributed by atoms with Crippen LogP contribution in [0.4, 0.5) is 9.52 Å². The van der Waals surface area contributed by atoms with Crippen molar-refractivity contribution in [2.75, 3.05) is 5.73 Å². The molecule has 5 rings (SSSR count). The van der Waals surface area contributed by atoms with E-state index in [1.54, 1.807) is 12.1 Å². The number of benzene rings is 2. The van der Waals surface area contributed by atoms with E-state index in [4.69, 9.17) is 5.73 Å². The van der Waals surface area contributed by atoms with Crippen LogP contribution in [-0.4, -0.2) is 19.8 Å². The first-order chi connectivity index (χ1) is 13.7. The average Bonchev–Trinajstić information content (AvgIpc) is 3.34. The second-order valence-electron chi connectivity index (χ2n) is 6.34. The van der Waals surface area contributed by atoms with Crippen LogP contribution in [0.5, 0.6) is 0 Å². The van der Waals surface area contributed by atoms with E-state index in [1.165, 1.54) is 23.5 Å². The lowest BCUT2D eigenvalue weighted by atomic mass is 10.0. The van der Waals surface area contributed by atoms with Crippen molar-refractivity contribution in [2.45, 2.75) is 0 Å². The molecule has 0 saturated carbocycles. The summed E-state index contributed by atoms with van der Waals surface area (Å²) in [6.07, 6.45) is 3.79. The summed E-state index contributed by atoms with van der Waals surface area (Å²) < 4.78 is 15.0. The molecule has 0 saturated heterocycles. The number of rotatable bonds is 3. The first kappa shape index (κ1) is 16.6. The fraction of sp³-hybridized carbons (Fsp3) is 0. The number of pyridine rings is 1. The third-order valence-electron chi connectivity index (χ3n) is 4.55. The van der Waals surface area contributed by atoms with Crippen molar-refractivity contribution in [2.24, 2.45) is 0 Å². The maximum atomic E-state index is 13.2. The van der Waals surface area contributed by atoms with Gasteiger partial charge in [-0.2, -0.15) is 5.10 Å². The van der Waals surface area contributed by atoms with Crippen LogP contribution >= 0.6 is 11.3 Å². The van der Waals surface area contributed by atoms with Crippen molar-refractivity contribution >= 4 is 22.0 Å². The second-order valence-corrected chi connectivity index (χ2v) is 7.35. The van der Waals surface area contributed by atoms with Gasteiger partial charge < -0.3 is 5.73 Å². The molecule has 0 radical (unpaired) electrons. The van der Waals surface area contributed by atoms with Crippen LogP contribution < -0.4 is 5.73 Å². The zero-order valence-electron chi connectivity index (χ0n) is 14.6. The third kappa shape index (κ3) is 2.91. The van der Waals surface area contributed by atoms with E-state index >= 15 is 0 Å². The molecule has 28 heavy (non-hydrogen) atoms. The maximum absolute atomic E-state index is 13.2. The lowest BCUT2D eigenvalue weighted by molar-refractivity contribution is 0.628. The van der Waals surface area contributed by atoms with E-state index < -0.39 is 0 Å². The van der Waals surface area contributed by atoms with E-state index in [9.17, 15) is 4.39 Å². The van der Waals surface area contributed by atoms with Crippen LogP contribution in [0.25, 0.3) is 38.3 Å². The molecule has 136 valence electrons. The number of hydrogen-bond acceptors (Lipinski definition) is 5. The maximum Gasteiger partial charge on any atom is 0.203 e. The summed E-state index contributed by atoms with van der Waals surface area (Å²) in [4.78, 5) is 0. The number of fused-ring (bicyclic) bond motifs is 1. The monoisotopic (exact) mass is 387 g/mol. The highest BCUT2D eigenvalue weighted by Gasteiger charge is 2.11. The molecular weight excluding hydrogens is 373 g/mol. The Bertz CT molecular complexity index is 1290. The lowest BCUT2D eigenvalue weighted by Crippen LogP contribution is -1.89. The predicted octanol–water partition coefficient (Wildman–Crippen LogP) is 4.91. The molecule has 0 aliphatic rings. The van der Waals surface area contributed by atoms with Crippen molar-refractivity contribution in [3.05, 3.63) is 78.9 Å². The molecule has 0 unspecified atom stereocenters. The molecule has 2 N–H and O–H groups in total. The standard InChI is InChI=1S/C21H14FN5S/c22-17-7-4-13(5-8-17)16-6-9-19-18(11-24-27(19)12-16)14-2-1-3-15(10-14)20-25-26-21(23)28-20/h1-12H,(H2,23,26). The molecule has 0 aliphatic carbocycles. The van der Waals surface area contributed by atoms with Gasteiger partial charge in [0.1, 0.15) is 10.8 Å². The first-order valence-electron chi connectivity index (χ1n) is 8.60. The van der Waals surface area contributed by atoms with Crippen LogP contribution in [0, 0.1) is 5.82 Å². The smallest absolute Gasteiger partial charge is 0.203 e. The fourth-order valence-corrected chi connectivity index (χ4v) is 3.80. The molecule has 7 heteroatoms. The van der Waals surface area contributed by atoms with Gasteiger partial charge in [-0.1, -0.05) is 47.7 Å². The number of hydrogen-bond donors (Lipinski definition) is 1. The summed E-state index contributed by atoms with van der Waals surface area (Å²) in [6, 6.07) is 18.6. The van der Waals surface area contributed by atoms with Crippen LogP contribution in [-0.2, 0) is 0 Å². The third-order valence-corrected chi connectivity index (χ3v) is 5.36. The van der Waals surface area contributed by atoms with E-state index in [-0.39, 0.29) is 5.82 Å². The topological polar surface area (TPSA) is 69.1 Å². The quantitative estimate of drug-likeness (QED) is 0.478. The van der Waals surface area contributed by atoms with Gasteiger partial charge in [-0.15, -0.1) is 10.2 Å². The van der Waals surface area contributed by atoms with Crippen LogP contribution in [0.3, 0.4) is 0 Å². The Labute approximate surface area is 163 Å². The normalized spacial score (nSPS) is 11.2. The van der Waals surface area contributed by atoms with E-state index in [0.29, 0.717) is 5.13 Å². The molecule has 3 heterocycles. The number of aromatic nitrogens is 4. The molecule has 3 aromatic heterocycles. The van der Waals surface area contributed by atoms with E-state index in [2.05, 4.69) is 21.4 Å². The molecule has 0 bridgehead atoms. The van der Waals surface area contributed by atoms with Gasteiger partial charge in [0.25, 0.3) is 0 Å². The zero-order chi connectivity index (χ0) is 19.1. The number of anilines is 1. The zero-order valence-corrected chi connectivity index (χ0v) is 15.4. The van der Waals surface area contributed by atoms with E-state index in [0.717, 1.165) is 38.3 Å². The number of nitrogens with zero attached hydrogens (tertiary/aromatic N) is 4. The number of nitrogen functional groups attached to an aromatic ring is 1. The Balaban J connectivity index is 1.56. The predicted molar refractivity (Wildman–Crippen MR) is 109 cm³/mol. The average molecular weight is 387 g/mol. The van der Waals surface area contributed by atoms with Gasteiger partial charge in [0.15, 0.2) is 0 Å². The Hall–Kier alpha value is -3.58. The van der Waals surface area contributed by atoms with Crippen LogP contribution in [0.1, 0.15) is 0 Å². The van der Waals surface area contributed by atoms with Gasteiger partial charge >= 0.3 is 0 Å². The first-order valence-corrected chi connectivity index (χ1v) is 9.42. The largest absolute Gasteiger partial charge is 0.374 e. The van der Waals surface area contributed by atoms with Crippen LogP contribution in [0.15, 0.2) is 73.1 Å². The van der Waals surface area contributed by atoms with Crippen LogP contribution in [0.2, 0.25) is 0 Å². The Kier molecular flexibility index (Phi) is 3.87. The Morgan fingerprint density at radius 1 is 0.857 bits per heavy atom. The fourth-order valence-electron chi connectivity index (χ4n) is 3.19. The molecule has 0 atom stereocenters. The summed E-state index contributed by atoms with van der Waals surface area (Å²) in [5.74, 6) is -0.247. The molecule has 0 spiro atoms. The highest BCUT2D eigenvalue weighted by Crippen LogP contribution is 2.31. The van der Waals surface area contributed by atoms with Crippen molar-refractivity contribution in [1.29, 1.82) is 0 Å². The van der Waals surface area contributed by atoms with Gasteiger partial charge in [0.2, 0.25) is 5.13 Å². The molecule has 5 aromatic rings. The van der Waals surface area contributed by atoms with Gasteiger partial charge in [-0.3, -0.25) is 0 Å². The van der Waals surface area contributed by atoms with Gasteiger partial charge in [0, 0.05) is 22.9 Å². The summed E-state index contributed by atoms with van der Waals surface area (Å²) in [7, 11) is 0. The SMILES string of the molecule is Nc1nnc(-c2cccc(-c3cnn4cc(-c5ccc(F)cc5)ccc34)c2)s1. The van der Waals surface area contributed by atoms with Crippen molar-refractivity contribution in [3.8, 4) is 32.8 Å². The van der Waals surface area contributed by atoms with Crippen molar-refractivity contribution < 1.29 is 4.39 Å². The Morgan fingerprint density at radius 2 is 1.64 bits per heavy atom. The number of halogens is 1. The molecular formula is C21H14FN5S. The molecule has 5 nitrogen and oxygen atoms in total.